The number of thiophene rings is 1. The number of carbonyl (C=O) groups excluding carboxylic acids is 2. The van der Waals surface area contributed by atoms with E-state index in [0.29, 0.717) is 4.88 Å². The second-order valence-corrected chi connectivity index (χ2v) is 4.43. The maximum absolute atomic E-state index is 13.3. The summed E-state index contributed by atoms with van der Waals surface area (Å²) in [4.78, 5) is 23.4. The molecule has 1 aromatic heterocycles. The van der Waals surface area contributed by atoms with E-state index in [4.69, 9.17) is 0 Å². The Balaban J connectivity index is 2.04. The highest BCUT2D eigenvalue weighted by Crippen LogP contribution is 2.11. The van der Waals surface area contributed by atoms with Gasteiger partial charge in [-0.3, -0.25) is 20.4 Å². The normalized spacial score (nSPS) is 10.0. The van der Waals surface area contributed by atoms with Crippen molar-refractivity contribution in [3.05, 3.63) is 57.8 Å². The standard InChI is InChI=1S/C12H8F2N2O2S/c13-7-3-1-4-8(14)10(7)12(18)16-15-11(17)9-5-2-6-19-9/h1-6H,(H,15,17)(H,16,18). The van der Waals surface area contributed by atoms with Gasteiger partial charge >= 0.3 is 0 Å². The average Bonchev–Trinajstić information content (AvgIpc) is 2.89. The third-order valence-electron chi connectivity index (χ3n) is 2.22. The van der Waals surface area contributed by atoms with Crippen LogP contribution in [0.4, 0.5) is 8.78 Å². The average molecular weight is 282 g/mol. The van der Waals surface area contributed by atoms with Crippen molar-refractivity contribution >= 4 is 23.2 Å². The first-order valence-electron chi connectivity index (χ1n) is 5.18. The van der Waals surface area contributed by atoms with Crippen LogP contribution >= 0.6 is 11.3 Å². The monoisotopic (exact) mass is 282 g/mol. The highest BCUT2D eigenvalue weighted by molar-refractivity contribution is 7.12. The van der Waals surface area contributed by atoms with Gasteiger partial charge in [-0.05, 0) is 23.6 Å². The quantitative estimate of drug-likeness (QED) is 0.829. The molecule has 0 atom stereocenters. The van der Waals surface area contributed by atoms with Crippen molar-refractivity contribution in [2.24, 2.45) is 0 Å². The van der Waals surface area contributed by atoms with Gasteiger partial charge in [0.1, 0.15) is 17.2 Å². The molecule has 0 saturated carbocycles. The molecule has 0 unspecified atom stereocenters. The number of benzene rings is 1. The molecule has 2 rings (SSSR count). The second-order valence-electron chi connectivity index (χ2n) is 3.48. The molecule has 98 valence electrons. The van der Waals surface area contributed by atoms with Gasteiger partial charge in [0.15, 0.2) is 0 Å². The van der Waals surface area contributed by atoms with E-state index in [2.05, 4.69) is 5.43 Å². The Bertz CT molecular complexity index is 594. The molecule has 7 heteroatoms. The van der Waals surface area contributed by atoms with Crippen LogP contribution in [-0.4, -0.2) is 11.8 Å². The summed E-state index contributed by atoms with van der Waals surface area (Å²) in [6.45, 7) is 0. The molecule has 0 bridgehead atoms. The molecule has 0 spiro atoms. The molecule has 0 saturated heterocycles. The van der Waals surface area contributed by atoms with Crippen molar-refractivity contribution in [1.29, 1.82) is 0 Å². The molecule has 1 aromatic carbocycles. The summed E-state index contributed by atoms with van der Waals surface area (Å²) in [7, 11) is 0. The van der Waals surface area contributed by atoms with E-state index in [1.165, 1.54) is 11.3 Å². The fourth-order valence-corrected chi connectivity index (χ4v) is 1.98. The number of rotatable bonds is 2. The molecule has 2 aromatic rings. The Kier molecular flexibility index (Phi) is 3.86. The van der Waals surface area contributed by atoms with Crippen LogP contribution in [0.5, 0.6) is 0 Å². The summed E-state index contributed by atoms with van der Waals surface area (Å²) in [5.41, 5.74) is 3.29. The van der Waals surface area contributed by atoms with E-state index >= 15 is 0 Å². The molecular formula is C12H8F2N2O2S. The molecule has 0 aliphatic heterocycles. The lowest BCUT2D eigenvalue weighted by Gasteiger charge is -2.07. The van der Waals surface area contributed by atoms with Gasteiger partial charge in [0.2, 0.25) is 0 Å². The van der Waals surface area contributed by atoms with Crippen LogP contribution in [0.3, 0.4) is 0 Å². The summed E-state index contributed by atoms with van der Waals surface area (Å²) in [6.07, 6.45) is 0. The molecule has 0 aliphatic rings. The van der Waals surface area contributed by atoms with Gasteiger partial charge in [0.05, 0.1) is 4.88 Å². The van der Waals surface area contributed by atoms with Gasteiger partial charge in [0, 0.05) is 0 Å². The fourth-order valence-electron chi connectivity index (χ4n) is 1.36. The lowest BCUT2D eigenvalue weighted by molar-refractivity contribution is 0.0843. The highest BCUT2D eigenvalue weighted by Gasteiger charge is 2.17. The molecule has 2 N–H and O–H groups in total. The van der Waals surface area contributed by atoms with Crippen LogP contribution in [0, 0.1) is 11.6 Å². The number of hydrogen-bond donors (Lipinski definition) is 2. The van der Waals surface area contributed by atoms with E-state index in [9.17, 15) is 18.4 Å². The summed E-state index contributed by atoms with van der Waals surface area (Å²) >= 11 is 1.17. The maximum Gasteiger partial charge on any atom is 0.279 e. The summed E-state index contributed by atoms with van der Waals surface area (Å²) in [6, 6.07) is 6.28. The van der Waals surface area contributed by atoms with Gasteiger partial charge in [0.25, 0.3) is 11.8 Å². The van der Waals surface area contributed by atoms with Gasteiger partial charge in [-0.25, -0.2) is 8.78 Å². The first-order chi connectivity index (χ1) is 9.09. The number of hydrazine groups is 1. The van der Waals surface area contributed by atoms with Crippen LogP contribution in [0.15, 0.2) is 35.7 Å². The third kappa shape index (κ3) is 2.94. The minimum Gasteiger partial charge on any atom is -0.267 e. The summed E-state index contributed by atoms with van der Waals surface area (Å²) < 4.78 is 26.6. The predicted octanol–water partition coefficient (Wildman–Crippen LogP) is 2.10. The maximum atomic E-state index is 13.3. The molecule has 19 heavy (non-hydrogen) atoms. The molecular weight excluding hydrogens is 274 g/mol. The Labute approximate surface area is 111 Å². The summed E-state index contributed by atoms with van der Waals surface area (Å²) in [5.74, 6) is -3.61. The van der Waals surface area contributed by atoms with Crippen LogP contribution in [-0.2, 0) is 0 Å². The zero-order valence-corrected chi connectivity index (χ0v) is 10.3. The van der Waals surface area contributed by atoms with Crippen LogP contribution in [0.1, 0.15) is 20.0 Å². The zero-order chi connectivity index (χ0) is 13.8. The van der Waals surface area contributed by atoms with Crippen molar-refractivity contribution in [1.82, 2.24) is 10.9 Å². The van der Waals surface area contributed by atoms with E-state index in [1.807, 2.05) is 5.43 Å². The number of amides is 2. The first-order valence-corrected chi connectivity index (χ1v) is 6.06. The van der Waals surface area contributed by atoms with E-state index in [0.717, 1.165) is 18.2 Å². The SMILES string of the molecule is O=C(NNC(=O)c1c(F)cccc1F)c1cccs1. The zero-order valence-electron chi connectivity index (χ0n) is 9.44. The molecule has 0 fully saturated rings. The molecule has 2 amide bonds. The van der Waals surface area contributed by atoms with Crippen LogP contribution < -0.4 is 10.9 Å². The minimum atomic E-state index is -1.06. The van der Waals surface area contributed by atoms with Crippen molar-refractivity contribution in [3.8, 4) is 0 Å². The smallest absolute Gasteiger partial charge is 0.267 e. The number of nitrogens with one attached hydrogen (secondary N) is 2. The predicted molar refractivity (Wildman–Crippen MR) is 65.6 cm³/mol. The van der Waals surface area contributed by atoms with Gasteiger partial charge in [-0.1, -0.05) is 12.1 Å². The van der Waals surface area contributed by atoms with Crippen molar-refractivity contribution in [3.63, 3.8) is 0 Å². The molecule has 0 aliphatic carbocycles. The largest absolute Gasteiger partial charge is 0.279 e. The fraction of sp³-hybridized carbons (Fsp3) is 0. The van der Waals surface area contributed by atoms with Crippen molar-refractivity contribution in [2.45, 2.75) is 0 Å². The van der Waals surface area contributed by atoms with Crippen LogP contribution in [0.25, 0.3) is 0 Å². The van der Waals surface area contributed by atoms with Gasteiger partial charge in [-0.15, -0.1) is 11.3 Å². The minimum absolute atomic E-state index is 0.370. The Hall–Kier alpha value is -2.28. The summed E-state index contributed by atoms with van der Waals surface area (Å²) in [5, 5.41) is 1.69. The number of carbonyl (C=O) groups is 2. The highest BCUT2D eigenvalue weighted by atomic mass is 32.1. The number of hydrogen-bond acceptors (Lipinski definition) is 3. The molecule has 0 radical (unpaired) electrons. The third-order valence-corrected chi connectivity index (χ3v) is 3.09. The van der Waals surface area contributed by atoms with Gasteiger partial charge < -0.3 is 0 Å². The topological polar surface area (TPSA) is 58.2 Å². The van der Waals surface area contributed by atoms with E-state index in [-0.39, 0.29) is 0 Å². The van der Waals surface area contributed by atoms with Crippen molar-refractivity contribution < 1.29 is 18.4 Å². The van der Waals surface area contributed by atoms with E-state index in [1.54, 1.807) is 17.5 Å². The lowest BCUT2D eigenvalue weighted by atomic mass is 10.2. The molecule has 1 heterocycles. The lowest BCUT2D eigenvalue weighted by Crippen LogP contribution is -2.42. The Morgan fingerprint density at radius 1 is 0.947 bits per heavy atom. The Morgan fingerprint density at radius 2 is 1.58 bits per heavy atom. The first kappa shape index (κ1) is 13.2. The van der Waals surface area contributed by atoms with Gasteiger partial charge in [-0.2, -0.15) is 0 Å². The molecule has 4 nitrogen and oxygen atoms in total. The number of halogens is 2. The van der Waals surface area contributed by atoms with E-state index < -0.39 is 29.0 Å². The second kappa shape index (κ2) is 5.57. The van der Waals surface area contributed by atoms with Crippen LogP contribution in [0.2, 0.25) is 0 Å². The Morgan fingerprint density at radius 3 is 2.16 bits per heavy atom. The van der Waals surface area contributed by atoms with Crippen molar-refractivity contribution in [2.75, 3.05) is 0 Å².